The van der Waals surface area contributed by atoms with Gasteiger partial charge in [0.1, 0.15) is 5.69 Å². The molecule has 1 aromatic heterocycles. The second-order valence-corrected chi connectivity index (χ2v) is 4.55. The van der Waals surface area contributed by atoms with Crippen LogP contribution in [-0.2, 0) is 0 Å². The van der Waals surface area contributed by atoms with Gasteiger partial charge < -0.3 is 15.7 Å². The molecule has 0 atom stereocenters. The molecule has 0 unspecified atom stereocenters. The van der Waals surface area contributed by atoms with Gasteiger partial charge in [0.25, 0.3) is 5.91 Å². The average Bonchev–Trinajstić information content (AvgIpc) is 2.42. The van der Waals surface area contributed by atoms with Crippen LogP contribution in [-0.4, -0.2) is 40.6 Å². The number of aliphatic hydroxyl groups is 1. The van der Waals surface area contributed by atoms with Gasteiger partial charge in [0, 0.05) is 13.1 Å². The van der Waals surface area contributed by atoms with Crippen molar-refractivity contribution in [2.24, 2.45) is 0 Å². The van der Waals surface area contributed by atoms with Crippen molar-refractivity contribution >= 4 is 11.6 Å². The molecule has 0 aliphatic rings. The van der Waals surface area contributed by atoms with Gasteiger partial charge in [-0.3, -0.25) is 4.79 Å². The molecule has 5 nitrogen and oxygen atoms in total. The summed E-state index contributed by atoms with van der Waals surface area (Å²) >= 11 is 0. The molecule has 0 fully saturated rings. The highest BCUT2D eigenvalue weighted by Crippen LogP contribution is 2.07. The first-order valence-corrected chi connectivity index (χ1v) is 6.80. The SMILES string of the molecule is CCCCCCN(CCO)C(=O)c1ccc(N)cn1. The number of anilines is 1. The van der Waals surface area contributed by atoms with E-state index in [9.17, 15) is 4.79 Å². The summed E-state index contributed by atoms with van der Waals surface area (Å²) in [5.41, 5.74) is 6.46. The fourth-order valence-electron chi connectivity index (χ4n) is 1.86. The highest BCUT2D eigenvalue weighted by molar-refractivity contribution is 5.92. The van der Waals surface area contributed by atoms with Crippen LogP contribution in [0.3, 0.4) is 0 Å². The lowest BCUT2D eigenvalue weighted by Gasteiger charge is -2.21. The quantitative estimate of drug-likeness (QED) is 0.701. The summed E-state index contributed by atoms with van der Waals surface area (Å²) in [7, 11) is 0. The van der Waals surface area contributed by atoms with Crippen LogP contribution in [0.25, 0.3) is 0 Å². The molecule has 0 aromatic carbocycles. The summed E-state index contributed by atoms with van der Waals surface area (Å²) in [6.45, 7) is 3.12. The summed E-state index contributed by atoms with van der Waals surface area (Å²) in [6.07, 6.45) is 5.85. The van der Waals surface area contributed by atoms with Gasteiger partial charge in [-0.2, -0.15) is 0 Å². The van der Waals surface area contributed by atoms with Gasteiger partial charge in [-0.1, -0.05) is 26.2 Å². The number of aromatic nitrogens is 1. The second-order valence-electron chi connectivity index (χ2n) is 4.55. The number of pyridine rings is 1. The fraction of sp³-hybridized carbons (Fsp3) is 0.571. The molecule has 1 aromatic rings. The molecule has 0 aliphatic heterocycles. The molecular weight excluding hydrogens is 242 g/mol. The van der Waals surface area contributed by atoms with E-state index >= 15 is 0 Å². The maximum atomic E-state index is 12.2. The lowest BCUT2D eigenvalue weighted by molar-refractivity contribution is 0.0712. The third-order valence-corrected chi connectivity index (χ3v) is 2.94. The van der Waals surface area contributed by atoms with Crippen molar-refractivity contribution in [3.63, 3.8) is 0 Å². The van der Waals surface area contributed by atoms with E-state index in [1.807, 2.05) is 0 Å². The number of hydrogen-bond donors (Lipinski definition) is 2. The maximum absolute atomic E-state index is 12.2. The number of amides is 1. The molecule has 0 aliphatic carbocycles. The van der Waals surface area contributed by atoms with Crippen molar-refractivity contribution in [2.75, 3.05) is 25.4 Å². The number of nitrogens with two attached hydrogens (primary N) is 1. The molecular formula is C14H23N3O2. The van der Waals surface area contributed by atoms with Crippen LogP contribution in [0.15, 0.2) is 18.3 Å². The number of carbonyl (C=O) groups is 1. The van der Waals surface area contributed by atoms with Crippen LogP contribution >= 0.6 is 0 Å². The molecule has 3 N–H and O–H groups in total. The van der Waals surface area contributed by atoms with Gasteiger partial charge in [-0.05, 0) is 18.6 Å². The number of aliphatic hydroxyl groups excluding tert-OH is 1. The predicted octanol–water partition coefficient (Wildman–Crippen LogP) is 1.68. The van der Waals surface area contributed by atoms with Gasteiger partial charge in [-0.15, -0.1) is 0 Å². The van der Waals surface area contributed by atoms with Crippen molar-refractivity contribution < 1.29 is 9.90 Å². The summed E-state index contributed by atoms with van der Waals surface area (Å²) in [4.78, 5) is 17.9. The summed E-state index contributed by atoms with van der Waals surface area (Å²) in [5.74, 6) is -0.148. The van der Waals surface area contributed by atoms with Crippen molar-refractivity contribution in [2.45, 2.75) is 32.6 Å². The third kappa shape index (κ3) is 5.26. The van der Waals surface area contributed by atoms with E-state index in [-0.39, 0.29) is 12.5 Å². The number of unbranched alkanes of at least 4 members (excludes halogenated alkanes) is 3. The smallest absolute Gasteiger partial charge is 0.272 e. The second kappa shape index (κ2) is 8.48. The van der Waals surface area contributed by atoms with Gasteiger partial charge in [-0.25, -0.2) is 4.98 Å². The molecule has 0 saturated heterocycles. The zero-order valence-electron chi connectivity index (χ0n) is 11.5. The number of hydrogen-bond acceptors (Lipinski definition) is 4. The third-order valence-electron chi connectivity index (χ3n) is 2.94. The Morgan fingerprint density at radius 3 is 2.68 bits per heavy atom. The van der Waals surface area contributed by atoms with E-state index in [1.165, 1.54) is 12.6 Å². The zero-order valence-corrected chi connectivity index (χ0v) is 11.5. The summed E-state index contributed by atoms with van der Waals surface area (Å²) in [5, 5.41) is 9.04. The Balaban J connectivity index is 2.58. The Morgan fingerprint density at radius 2 is 2.11 bits per heavy atom. The largest absolute Gasteiger partial charge is 0.397 e. The minimum Gasteiger partial charge on any atom is -0.397 e. The maximum Gasteiger partial charge on any atom is 0.272 e. The molecule has 5 heteroatoms. The lowest BCUT2D eigenvalue weighted by Crippen LogP contribution is -2.35. The van der Waals surface area contributed by atoms with E-state index in [2.05, 4.69) is 11.9 Å². The molecule has 0 bridgehead atoms. The molecule has 0 saturated carbocycles. The Labute approximate surface area is 114 Å². The van der Waals surface area contributed by atoms with Gasteiger partial charge >= 0.3 is 0 Å². The molecule has 19 heavy (non-hydrogen) atoms. The van der Waals surface area contributed by atoms with Crippen LogP contribution in [0.4, 0.5) is 5.69 Å². The number of nitrogen functional groups attached to an aromatic ring is 1. The van der Waals surface area contributed by atoms with E-state index < -0.39 is 0 Å². The van der Waals surface area contributed by atoms with Crippen LogP contribution in [0.2, 0.25) is 0 Å². The Bertz CT molecular complexity index is 379. The standard InChI is InChI=1S/C14H23N3O2/c1-2-3-4-5-8-17(9-10-18)14(19)13-7-6-12(15)11-16-13/h6-7,11,18H,2-5,8-10,15H2,1H3. The number of nitrogens with zero attached hydrogens (tertiary/aromatic N) is 2. The van der Waals surface area contributed by atoms with E-state index in [1.54, 1.807) is 17.0 Å². The first-order chi connectivity index (χ1) is 9.19. The number of rotatable bonds is 8. The van der Waals surface area contributed by atoms with Crippen LogP contribution in [0.1, 0.15) is 43.1 Å². The van der Waals surface area contributed by atoms with Crippen LogP contribution in [0, 0.1) is 0 Å². The van der Waals surface area contributed by atoms with Crippen molar-refractivity contribution in [3.05, 3.63) is 24.0 Å². The van der Waals surface area contributed by atoms with E-state index in [0.29, 0.717) is 24.5 Å². The van der Waals surface area contributed by atoms with Crippen molar-refractivity contribution in [1.29, 1.82) is 0 Å². The lowest BCUT2D eigenvalue weighted by atomic mass is 10.2. The highest BCUT2D eigenvalue weighted by atomic mass is 16.3. The van der Waals surface area contributed by atoms with Crippen molar-refractivity contribution in [3.8, 4) is 0 Å². The Morgan fingerprint density at radius 1 is 1.32 bits per heavy atom. The van der Waals surface area contributed by atoms with Crippen LogP contribution < -0.4 is 5.73 Å². The summed E-state index contributed by atoms with van der Waals surface area (Å²) < 4.78 is 0. The Hall–Kier alpha value is -1.62. The molecule has 0 radical (unpaired) electrons. The Kier molecular flexibility index (Phi) is 6.89. The topological polar surface area (TPSA) is 79.5 Å². The van der Waals surface area contributed by atoms with Crippen LogP contribution in [0.5, 0.6) is 0 Å². The van der Waals surface area contributed by atoms with E-state index in [0.717, 1.165) is 19.3 Å². The minimum absolute atomic E-state index is 0.0332. The fourth-order valence-corrected chi connectivity index (χ4v) is 1.86. The predicted molar refractivity (Wildman–Crippen MR) is 75.8 cm³/mol. The van der Waals surface area contributed by atoms with E-state index in [4.69, 9.17) is 10.8 Å². The molecule has 0 spiro atoms. The normalized spacial score (nSPS) is 10.4. The van der Waals surface area contributed by atoms with Gasteiger partial charge in [0.2, 0.25) is 0 Å². The monoisotopic (exact) mass is 265 g/mol. The number of carbonyl (C=O) groups excluding carboxylic acids is 1. The van der Waals surface area contributed by atoms with Crippen molar-refractivity contribution in [1.82, 2.24) is 9.88 Å². The summed E-state index contributed by atoms with van der Waals surface area (Å²) in [6, 6.07) is 3.28. The van der Waals surface area contributed by atoms with Gasteiger partial charge in [0.05, 0.1) is 18.5 Å². The first-order valence-electron chi connectivity index (χ1n) is 6.80. The molecule has 106 valence electrons. The molecule has 1 heterocycles. The average molecular weight is 265 g/mol. The highest BCUT2D eigenvalue weighted by Gasteiger charge is 2.15. The first kappa shape index (κ1) is 15.4. The zero-order chi connectivity index (χ0) is 14.1. The molecule has 1 rings (SSSR count). The minimum atomic E-state index is -0.148. The van der Waals surface area contributed by atoms with Gasteiger partial charge in [0.15, 0.2) is 0 Å². The molecule has 1 amide bonds.